The van der Waals surface area contributed by atoms with Crippen LogP contribution in [-0.4, -0.2) is 60.5 Å². The van der Waals surface area contributed by atoms with Crippen molar-refractivity contribution in [1.82, 2.24) is 9.80 Å². The predicted molar refractivity (Wildman–Crippen MR) is 78.3 cm³/mol. The van der Waals surface area contributed by atoms with Crippen molar-refractivity contribution in [3.8, 4) is 5.75 Å². The van der Waals surface area contributed by atoms with Gasteiger partial charge in [0.05, 0.1) is 12.1 Å². The molecule has 0 aromatic heterocycles. The van der Waals surface area contributed by atoms with Gasteiger partial charge >= 0.3 is 0 Å². The monoisotopic (exact) mass is 274 g/mol. The maximum absolute atomic E-state index is 12.7. The van der Waals surface area contributed by atoms with Gasteiger partial charge < -0.3 is 4.74 Å². The standard InChI is InChI=1S/C16H22N2O2/c1-12(2)20-14-5-3-4-13(10-14)16(19)15-11-17-6-8-18(15)9-7-17/h3-5,10,12,15H,6-9,11H2,1-2H3. The molecule has 1 aromatic carbocycles. The summed E-state index contributed by atoms with van der Waals surface area (Å²) in [7, 11) is 0. The second kappa shape index (κ2) is 5.54. The third kappa shape index (κ3) is 2.72. The number of ether oxygens (including phenoxy) is 1. The Bertz CT molecular complexity index is 493. The number of benzene rings is 1. The van der Waals surface area contributed by atoms with Gasteiger partial charge in [0.1, 0.15) is 5.75 Å². The first kappa shape index (κ1) is 13.6. The normalized spacial score (nSPS) is 28.6. The molecule has 3 aliphatic rings. The van der Waals surface area contributed by atoms with Crippen LogP contribution in [0.4, 0.5) is 0 Å². The van der Waals surface area contributed by atoms with Gasteiger partial charge in [-0.3, -0.25) is 14.6 Å². The molecule has 1 atom stereocenters. The highest BCUT2D eigenvalue weighted by atomic mass is 16.5. The van der Waals surface area contributed by atoms with Crippen molar-refractivity contribution in [2.75, 3.05) is 32.7 Å². The van der Waals surface area contributed by atoms with Crippen LogP contribution < -0.4 is 4.74 Å². The van der Waals surface area contributed by atoms with E-state index in [2.05, 4.69) is 9.80 Å². The number of piperazine rings is 3. The first-order valence-electron chi connectivity index (χ1n) is 7.41. The molecular weight excluding hydrogens is 252 g/mol. The van der Waals surface area contributed by atoms with Gasteiger partial charge in [-0.1, -0.05) is 12.1 Å². The Morgan fingerprint density at radius 1 is 1.25 bits per heavy atom. The van der Waals surface area contributed by atoms with Crippen LogP contribution in [0.25, 0.3) is 0 Å². The van der Waals surface area contributed by atoms with Gasteiger partial charge in [-0.15, -0.1) is 0 Å². The van der Waals surface area contributed by atoms with E-state index in [9.17, 15) is 4.79 Å². The van der Waals surface area contributed by atoms with Crippen LogP contribution in [0.2, 0.25) is 0 Å². The van der Waals surface area contributed by atoms with Crippen LogP contribution in [0.5, 0.6) is 5.75 Å². The lowest BCUT2D eigenvalue weighted by Gasteiger charge is -2.46. The zero-order valence-corrected chi connectivity index (χ0v) is 12.2. The van der Waals surface area contributed by atoms with Gasteiger partial charge in [-0.2, -0.15) is 0 Å². The zero-order valence-electron chi connectivity index (χ0n) is 12.2. The lowest BCUT2D eigenvalue weighted by Crippen LogP contribution is -2.63. The number of fused-ring (bicyclic) bond motifs is 3. The summed E-state index contributed by atoms with van der Waals surface area (Å²) in [6.07, 6.45) is 0.126. The number of hydrogen-bond donors (Lipinski definition) is 0. The molecule has 20 heavy (non-hydrogen) atoms. The highest BCUT2D eigenvalue weighted by Crippen LogP contribution is 2.22. The molecule has 108 valence electrons. The predicted octanol–water partition coefficient (Wildman–Crippen LogP) is 1.66. The van der Waals surface area contributed by atoms with Crippen LogP contribution in [0.1, 0.15) is 24.2 Å². The van der Waals surface area contributed by atoms with Crippen molar-refractivity contribution in [2.45, 2.75) is 26.0 Å². The van der Waals surface area contributed by atoms with Gasteiger partial charge in [0, 0.05) is 38.3 Å². The fourth-order valence-corrected chi connectivity index (χ4v) is 3.05. The molecule has 3 aliphatic heterocycles. The molecule has 0 spiro atoms. The van der Waals surface area contributed by atoms with Crippen LogP contribution in [0.15, 0.2) is 24.3 Å². The van der Waals surface area contributed by atoms with Crippen molar-refractivity contribution in [1.29, 1.82) is 0 Å². The van der Waals surface area contributed by atoms with Crippen LogP contribution in [0, 0.1) is 0 Å². The quantitative estimate of drug-likeness (QED) is 0.782. The van der Waals surface area contributed by atoms with Crippen molar-refractivity contribution < 1.29 is 9.53 Å². The molecule has 3 saturated heterocycles. The molecule has 1 unspecified atom stereocenters. The summed E-state index contributed by atoms with van der Waals surface area (Å²) in [5.74, 6) is 1.01. The van der Waals surface area contributed by atoms with Gasteiger partial charge in [0.15, 0.2) is 5.78 Å². The van der Waals surface area contributed by atoms with Crippen molar-refractivity contribution in [3.63, 3.8) is 0 Å². The molecule has 3 heterocycles. The number of ketones is 1. The molecule has 4 rings (SSSR count). The van der Waals surface area contributed by atoms with E-state index in [-0.39, 0.29) is 17.9 Å². The van der Waals surface area contributed by atoms with Crippen LogP contribution in [0.3, 0.4) is 0 Å². The molecular formula is C16H22N2O2. The maximum Gasteiger partial charge on any atom is 0.181 e. The van der Waals surface area contributed by atoms with Crippen LogP contribution in [-0.2, 0) is 0 Å². The van der Waals surface area contributed by atoms with E-state index < -0.39 is 0 Å². The van der Waals surface area contributed by atoms with Crippen LogP contribution >= 0.6 is 0 Å². The third-order valence-electron chi connectivity index (χ3n) is 4.07. The number of Topliss-reactive ketones (excluding diaryl/α,β-unsaturated/α-hetero) is 1. The highest BCUT2D eigenvalue weighted by Gasteiger charge is 2.36. The summed E-state index contributed by atoms with van der Waals surface area (Å²) in [6, 6.07) is 7.61. The minimum absolute atomic E-state index is 0.0202. The summed E-state index contributed by atoms with van der Waals surface area (Å²) in [5.41, 5.74) is 0.766. The average Bonchev–Trinajstić information content (AvgIpc) is 2.47. The molecule has 4 heteroatoms. The third-order valence-corrected chi connectivity index (χ3v) is 4.07. The average molecular weight is 274 g/mol. The fourth-order valence-electron chi connectivity index (χ4n) is 3.05. The van der Waals surface area contributed by atoms with E-state index >= 15 is 0 Å². The molecule has 3 fully saturated rings. The first-order chi connectivity index (χ1) is 9.63. The SMILES string of the molecule is CC(C)Oc1cccc(C(=O)C2CN3CCN2CC3)c1. The highest BCUT2D eigenvalue weighted by molar-refractivity contribution is 6.00. The summed E-state index contributed by atoms with van der Waals surface area (Å²) in [6.45, 7) is 9.08. The Kier molecular flexibility index (Phi) is 3.76. The van der Waals surface area contributed by atoms with E-state index in [0.717, 1.165) is 44.0 Å². The van der Waals surface area contributed by atoms with Crippen molar-refractivity contribution in [2.24, 2.45) is 0 Å². The van der Waals surface area contributed by atoms with E-state index in [0.29, 0.717) is 0 Å². The van der Waals surface area contributed by atoms with E-state index in [4.69, 9.17) is 4.74 Å². The van der Waals surface area contributed by atoms with Gasteiger partial charge in [0.2, 0.25) is 0 Å². The molecule has 0 amide bonds. The zero-order chi connectivity index (χ0) is 14.1. The summed E-state index contributed by atoms with van der Waals surface area (Å²) < 4.78 is 5.68. The summed E-state index contributed by atoms with van der Waals surface area (Å²) in [5, 5.41) is 0. The molecule has 0 saturated carbocycles. The number of nitrogens with zero attached hydrogens (tertiary/aromatic N) is 2. The van der Waals surface area contributed by atoms with E-state index in [1.165, 1.54) is 0 Å². The minimum Gasteiger partial charge on any atom is -0.491 e. The lowest BCUT2D eigenvalue weighted by atomic mass is 9.98. The second-order valence-electron chi connectivity index (χ2n) is 5.91. The number of carbonyl (C=O) groups excluding carboxylic acids is 1. The van der Waals surface area contributed by atoms with Crippen molar-refractivity contribution in [3.05, 3.63) is 29.8 Å². The Morgan fingerprint density at radius 3 is 2.60 bits per heavy atom. The first-order valence-corrected chi connectivity index (χ1v) is 7.41. The summed E-state index contributed by atoms with van der Waals surface area (Å²) in [4.78, 5) is 17.4. The Labute approximate surface area is 120 Å². The van der Waals surface area contributed by atoms with E-state index in [1.807, 2.05) is 38.1 Å². The second-order valence-corrected chi connectivity index (χ2v) is 5.91. The lowest BCUT2D eigenvalue weighted by molar-refractivity contribution is 0.0159. The molecule has 0 aliphatic carbocycles. The smallest absolute Gasteiger partial charge is 0.181 e. The van der Waals surface area contributed by atoms with Gasteiger partial charge in [-0.25, -0.2) is 0 Å². The Morgan fingerprint density at radius 2 is 2.00 bits per heavy atom. The topological polar surface area (TPSA) is 32.8 Å². The number of carbonyl (C=O) groups is 1. The maximum atomic E-state index is 12.7. The largest absolute Gasteiger partial charge is 0.491 e. The number of hydrogen-bond acceptors (Lipinski definition) is 4. The fraction of sp³-hybridized carbons (Fsp3) is 0.562. The van der Waals surface area contributed by atoms with Crippen molar-refractivity contribution >= 4 is 5.78 Å². The minimum atomic E-state index is 0.0202. The molecule has 0 radical (unpaired) electrons. The summed E-state index contributed by atoms with van der Waals surface area (Å²) >= 11 is 0. The molecule has 2 bridgehead atoms. The Hall–Kier alpha value is -1.39. The van der Waals surface area contributed by atoms with E-state index in [1.54, 1.807) is 0 Å². The van der Waals surface area contributed by atoms with Gasteiger partial charge in [-0.05, 0) is 26.0 Å². The molecule has 4 nitrogen and oxygen atoms in total. The Balaban J connectivity index is 1.77. The molecule has 1 aromatic rings. The van der Waals surface area contributed by atoms with Gasteiger partial charge in [0.25, 0.3) is 0 Å². The molecule has 0 N–H and O–H groups in total. The number of rotatable bonds is 4.